The molecule has 3 rings (SSSR count). The average Bonchev–Trinajstić information content (AvgIpc) is 3.13. The van der Waals surface area contributed by atoms with E-state index in [1.807, 2.05) is 24.3 Å². The highest BCUT2D eigenvalue weighted by Gasteiger charge is 2.16. The van der Waals surface area contributed by atoms with Crippen LogP contribution in [0.5, 0.6) is 5.88 Å². The number of rotatable bonds is 6. The van der Waals surface area contributed by atoms with E-state index in [-0.39, 0.29) is 19.0 Å². The minimum atomic E-state index is -0.557. The van der Waals surface area contributed by atoms with E-state index in [9.17, 15) is 9.59 Å². The number of H-pyrrole nitrogens is 1. The van der Waals surface area contributed by atoms with Crippen molar-refractivity contribution in [3.63, 3.8) is 0 Å². The van der Waals surface area contributed by atoms with E-state index in [0.717, 1.165) is 22.0 Å². The van der Waals surface area contributed by atoms with Crippen LogP contribution in [-0.4, -0.2) is 47.8 Å². The summed E-state index contributed by atoms with van der Waals surface area (Å²) in [4.78, 5) is 31.4. The largest absolute Gasteiger partial charge is 0.481 e. The zero-order valence-electron chi connectivity index (χ0n) is 17.5. The van der Waals surface area contributed by atoms with Gasteiger partial charge in [-0.2, -0.15) is 0 Å². The Morgan fingerprint density at radius 1 is 1.03 bits per heavy atom. The fourth-order valence-electron chi connectivity index (χ4n) is 2.86. The van der Waals surface area contributed by atoms with Crippen LogP contribution in [-0.2, 0) is 4.74 Å². The topological polar surface area (TPSA) is 105 Å². The number of carbonyl (C=O) groups is 2. The van der Waals surface area contributed by atoms with Crippen LogP contribution in [0.2, 0.25) is 0 Å². The molecule has 0 saturated heterocycles. The molecule has 30 heavy (non-hydrogen) atoms. The highest BCUT2D eigenvalue weighted by Crippen LogP contribution is 2.25. The van der Waals surface area contributed by atoms with Gasteiger partial charge >= 0.3 is 6.09 Å². The van der Waals surface area contributed by atoms with Crippen molar-refractivity contribution in [1.82, 2.24) is 20.6 Å². The molecule has 0 fully saturated rings. The Kier molecular flexibility index (Phi) is 6.25. The van der Waals surface area contributed by atoms with E-state index < -0.39 is 11.7 Å². The number of pyridine rings is 1. The van der Waals surface area contributed by atoms with Crippen LogP contribution in [0.1, 0.15) is 31.3 Å². The summed E-state index contributed by atoms with van der Waals surface area (Å²) >= 11 is 0. The Hall–Kier alpha value is -3.55. The minimum absolute atomic E-state index is 0.246. The van der Waals surface area contributed by atoms with Crippen molar-refractivity contribution in [2.75, 3.05) is 20.2 Å². The Balaban J connectivity index is 1.59. The van der Waals surface area contributed by atoms with E-state index in [4.69, 9.17) is 9.47 Å². The molecule has 0 spiro atoms. The van der Waals surface area contributed by atoms with Gasteiger partial charge in [0.2, 0.25) is 5.88 Å². The normalized spacial score (nSPS) is 11.2. The van der Waals surface area contributed by atoms with E-state index in [1.165, 1.54) is 0 Å². The first-order valence-corrected chi connectivity index (χ1v) is 9.63. The number of benzene rings is 1. The number of hydrogen-bond acceptors (Lipinski definition) is 5. The van der Waals surface area contributed by atoms with Crippen LogP contribution in [0.4, 0.5) is 4.79 Å². The number of carbonyl (C=O) groups excluding carboxylic acids is 2. The van der Waals surface area contributed by atoms with Gasteiger partial charge in [-0.15, -0.1) is 0 Å². The number of fused-ring (bicyclic) bond motifs is 1. The molecular formula is C22H26N4O4. The number of aromatic nitrogens is 2. The third-order valence-corrected chi connectivity index (χ3v) is 4.22. The van der Waals surface area contributed by atoms with Gasteiger partial charge in [-0.25, -0.2) is 9.78 Å². The van der Waals surface area contributed by atoms with Crippen molar-refractivity contribution < 1.29 is 19.1 Å². The lowest BCUT2D eigenvalue weighted by Crippen LogP contribution is -2.37. The summed E-state index contributed by atoms with van der Waals surface area (Å²) < 4.78 is 10.2. The first-order chi connectivity index (χ1) is 14.2. The van der Waals surface area contributed by atoms with Crippen LogP contribution >= 0.6 is 0 Å². The van der Waals surface area contributed by atoms with E-state index in [2.05, 4.69) is 20.6 Å². The van der Waals surface area contributed by atoms with Crippen molar-refractivity contribution in [3.05, 3.63) is 48.3 Å². The van der Waals surface area contributed by atoms with Crippen molar-refractivity contribution in [1.29, 1.82) is 0 Å². The highest BCUT2D eigenvalue weighted by atomic mass is 16.6. The first-order valence-electron chi connectivity index (χ1n) is 9.63. The summed E-state index contributed by atoms with van der Waals surface area (Å²) in [6.07, 6.45) is 1.24. The molecule has 2 amide bonds. The van der Waals surface area contributed by atoms with Crippen LogP contribution in [0.25, 0.3) is 22.0 Å². The molecule has 0 aliphatic carbocycles. The maximum Gasteiger partial charge on any atom is 0.407 e. The summed E-state index contributed by atoms with van der Waals surface area (Å²) in [5, 5.41) is 6.30. The van der Waals surface area contributed by atoms with Crippen LogP contribution in [0.15, 0.2) is 42.6 Å². The number of amides is 2. The lowest BCUT2D eigenvalue weighted by atomic mass is 10.1. The Morgan fingerprint density at radius 3 is 2.43 bits per heavy atom. The van der Waals surface area contributed by atoms with E-state index in [1.54, 1.807) is 46.2 Å². The molecule has 8 heteroatoms. The van der Waals surface area contributed by atoms with Gasteiger partial charge < -0.3 is 25.1 Å². The summed E-state index contributed by atoms with van der Waals surface area (Å²) in [5.41, 5.74) is 2.70. The smallest absolute Gasteiger partial charge is 0.407 e. The molecule has 2 heterocycles. The third kappa shape index (κ3) is 5.50. The lowest BCUT2D eigenvalue weighted by molar-refractivity contribution is 0.0526. The maximum atomic E-state index is 12.4. The van der Waals surface area contributed by atoms with Crippen LogP contribution in [0, 0.1) is 0 Å². The van der Waals surface area contributed by atoms with Gasteiger partial charge in [0.15, 0.2) is 0 Å². The molecule has 0 radical (unpaired) electrons. The molecule has 2 aromatic heterocycles. The molecule has 1 aromatic carbocycles. The Labute approximate surface area is 175 Å². The fourth-order valence-corrected chi connectivity index (χ4v) is 2.86. The zero-order chi connectivity index (χ0) is 21.7. The van der Waals surface area contributed by atoms with Gasteiger partial charge in [0.25, 0.3) is 5.91 Å². The Morgan fingerprint density at radius 2 is 1.77 bits per heavy atom. The van der Waals surface area contributed by atoms with E-state index >= 15 is 0 Å². The number of nitrogens with zero attached hydrogens (tertiary/aromatic N) is 1. The molecule has 3 N–H and O–H groups in total. The highest BCUT2D eigenvalue weighted by molar-refractivity contribution is 5.98. The molecule has 0 atom stereocenters. The number of ether oxygens (including phenoxy) is 2. The maximum absolute atomic E-state index is 12.4. The van der Waals surface area contributed by atoms with Crippen LogP contribution < -0.4 is 15.4 Å². The number of hydrogen-bond donors (Lipinski definition) is 3. The predicted octanol–water partition coefficient (Wildman–Crippen LogP) is 3.49. The van der Waals surface area contributed by atoms with Gasteiger partial charge in [0.1, 0.15) is 11.3 Å². The van der Waals surface area contributed by atoms with Crippen LogP contribution in [0.3, 0.4) is 0 Å². The van der Waals surface area contributed by atoms with Gasteiger partial charge in [0, 0.05) is 41.8 Å². The second-order valence-electron chi connectivity index (χ2n) is 7.76. The molecule has 158 valence electrons. The molecule has 0 bridgehead atoms. The fraction of sp³-hybridized carbons (Fsp3) is 0.318. The molecule has 0 aliphatic rings. The van der Waals surface area contributed by atoms with Crippen molar-refractivity contribution >= 4 is 22.9 Å². The van der Waals surface area contributed by atoms with Crippen molar-refractivity contribution in [2.45, 2.75) is 26.4 Å². The molecule has 3 aromatic rings. The number of aromatic amines is 1. The van der Waals surface area contributed by atoms with Gasteiger partial charge in [-0.3, -0.25) is 4.79 Å². The summed E-state index contributed by atoms with van der Waals surface area (Å²) in [6.45, 7) is 5.94. The standard InChI is InChI=1S/C22H26N4O4/c1-22(2,3)30-21(28)24-10-9-23-20(27)18-12-16-11-14(5-7-17(16)26-18)15-6-8-19(29-4)25-13-15/h5-8,11-13,26H,9-10H2,1-4H3,(H,23,27)(H,24,28). The van der Waals surface area contributed by atoms with E-state index in [0.29, 0.717) is 11.6 Å². The second kappa shape index (κ2) is 8.86. The molecule has 0 unspecified atom stereocenters. The molecule has 0 saturated carbocycles. The molecule has 0 aliphatic heterocycles. The molecular weight excluding hydrogens is 384 g/mol. The Bertz CT molecular complexity index is 1040. The quantitative estimate of drug-likeness (QED) is 0.540. The minimum Gasteiger partial charge on any atom is -0.481 e. The van der Waals surface area contributed by atoms with Gasteiger partial charge in [0.05, 0.1) is 7.11 Å². The third-order valence-electron chi connectivity index (χ3n) is 4.22. The average molecular weight is 410 g/mol. The summed E-state index contributed by atoms with van der Waals surface area (Å²) in [5.74, 6) is 0.312. The summed E-state index contributed by atoms with van der Waals surface area (Å²) in [7, 11) is 1.58. The monoisotopic (exact) mass is 410 g/mol. The number of nitrogens with one attached hydrogen (secondary N) is 3. The SMILES string of the molecule is COc1ccc(-c2ccc3[nH]c(C(=O)NCCNC(=O)OC(C)(C)C)cc3c2)cn1. The molecule has 8 nitrogen and oxygen atoms in total. The van der Waals surface area contributed by atoms with Crippen molar-refractivity contribution in [3.8, 4) is 17.0 Å². The second-order valence-corrected chi connectivity index (χ2v) is 7.76. The van der Waals surface area contributed by atoms with Gasteiger partial charge in [-0.05, 0) is 50.6 Å². The zero-order valence-corrected chi connectivity index (χ0v) is 17.5. The summed E-state index contributed by atoms with van der Waals surface area (Å²) in [6, 6.07) is 11.4. The van der Waals surface area contributed by atoms with Gasteiger partial charge in [-0.1, -0.05) is 6.07 Å². The predicted molar refractivity (Wildman–Crippen MR) is 115 cm³/mol. The number of methoxy groups -OCH3 is 1. The first kappa shape index (κ1) is 21.2. The number of alkyl carbamates (subject to hydrolysis) is 1. The lowest BCUT2D eigenvalue weighted by Gasteiger charge is -2.19. The van der Waals surface area contributed by atoms with Crippen molar-refractivity contribution in [2.24, 2.45) is 0 Å².